The fourth-order valence-corrected chi connectivity index (χ4v) is 3.79. The average molecular weight is 444 g/mol. The van der Waals surface area contributed by atoms with Crippen LogP contribution in [0.4, 0.5) is 5.69 Å². The van der Waals surface area contributed by atoms with Crippen molar-refractivity contribution in [3.63, 3.8) is 0 Å². The Balaban J connectivity index is 0.000000216. The number of halogens is 1. The van der Waals surface area contributed by atoms with E-state index in [1.54, 1.807) is 7.11 Å². The quantitative estimate of drug-likeness (QED) is 0.418. The Labute approximate surface area is 187 Å². The van der Waals surface area contributed by atoms with E-state index in [0.29, 0.717) is 6.54 Å². The number of hydrogen-bond donors (Lipinski definition) is 2. The molecule has 0 spiro atoms. The van der Waals surface area contributed by atoms with E-state index in [1.165, 1.54) is 11.9 Å². The Hall–Kier alpha value is -2.22. The molecule has 3 aromatic rings. The lowest BCUT2D eigenvalue weighted by Crippen LogP contribution is -2.27. The number of nitrogens with two attached hydrogens (primary N) is 2. The minimum atomic E-state index is -0.0733. The number of anilines is 1. The summed E-state index contributed by atoms with van der Waals surface area (Å²) in [6.07, 6.45) is -0.0733. The summed E-state index contributed by atoms with van der Waals surface area (Å²) in [5, 5.41) is 8.02. The molecule has 0 saturated heterocycles. The van der Waals surface area contributed by atoms with Crippen LogP contribution in [0, 0.1) is 6.92 Å². The van der Waals surface area contributed by atoms with E-state index in [-0.39, 0.29) is 6.10 Å². The van der Waals surface area contributed by atoms with Crippen LogP contribution < -0.4 is 15.6 Å². The van der Waals surface area contributed by atoms with Crippen LogP contribution >= 0.6 is 23.5 Å². The number of hydrogen-bond acceptors (Lipinski definition) is 6. The summed E-state index contributed by atoms with van der Waals surface area (Å²) in [5.41, 5.74) is 9.74. The Morgan fingerprint density at radius 1 is 1.07 bits per heavy atom. The van der Waals surface area contributed by atoms with Gasteiger partial charge in [0.15, 0.2) is 0 Å². The number of nitrogens with zero attached hydrogens (tertiary/aromatic N) is 1. The third kappa shape index (κ3) is 5.68. The zero-order valence-electron chi connectivity index (χ0n) is 17.0. The first-order valence-electron chi connectivity index (χ1n) is 9.52. The van der Waals surface area contributed by atoms with Crippen molar-refractivity contribution in [3.05, 3.63) is 88.4 Å². The third-order valence-electron chi connectivity index (χ3n) is 4.82. The van der Waals surface area contributed by atoms with Crippen LogP contribution in [0.5, 0.6) is 5.75 Å². The molecule has 0 bridgehead atoms. The van der Waals surface area contributed by atoms with Gasteiger partial charge in [0.2, 0.25) is 0 Å². The molecule has 0 radical (unpaired) electrons. The Morgan fingerprint density at radius 3 is 2.43 bits per heavy atom. The van der Waals surface area contributed by atoms with Gasteiger partial charge in [0.25, 0.3) is 0 Å². The zero-order chi connectivity index (χ0) is 21.5. The van der Waals surface area contributed by atoms with E-state index in [9.17, 15) is 0 Å². The van der Waals surface area contributed by atoms with Crippen LogP contribution in [-0.4, -0.2) is 18.7 Å². The summed E-state index contributed by atoms with van der Waals surface area (Å²) < 4.78 is 6.15. The molecule has 1 heterocycles. The maximum absolute atomic E-state index is 6.15. The molecule has 0 aromatic heterocycles. The molecule has 30 heavy (non-hydrogen) atoms. The van der Waals surface area contributed by atoms with Crippen LogP contribution in [0.25, 0.3) is 0 Å². The fraction of sp³-hybridized carbons (Fsp3) is 0.217. The lowest BCUT2D eigenvalue weighted by molar-refractivity contribution is -0.148. The average Bonchev–Trinajstić information content (AvgIpc) is 2.94. The first kappa shape index (κ1) is 22.5. The summed E-state index contributed by atoms with van der Waals surface area (Å²) in [6.45, 7) is 3.38. The SMILES string of the molecule is CON1Cc2ccccc2OC(c2ccc(Cl)cc2)C1.Cc1cccc(N)c1SN. The van der Waals surface area contributed by atoms with Crippen molar-refractivity contribution in [1.82, 2.24) is 5.06 Å². The van der Waals surface area contributed by atoms with Gasteiger partial charge in [-0.25, -0.2) is 0 Å². The van der Waals surface area contributed by atoms with Crippen molar-refractivity contribution in [2.24, 2.45) is 5.14 Å². The van der Waals surface area contributed by atoms with Gasteiger partial charge >= 0.3 is 0 Å². The van der Waals surface area contributed by atoms with E-state index in [0.717, 1.165) is 44.6 Å². The molecule has 158 valence electrons. The highest BCUT2D eigenvalue weighted by Gasteiger charge is 2.24. The van der Waals surface area contributed by atoms with Gasteiger partial charge in [-0.3, -0.25) is 5.14 Å². The number of fused-ring (bicyclic) bond motifs is 1. The summed E-state index contributed by atoms with van der Waals surface area (Å²) in [5.74, 6) is 0.909. The van der Waals surface area contributed by atoms with Crippen molar-refractivity contribution in [1.29, 1.82) is 0 Å². The minimum Gasteiger partial charge on any atom is -0.484 e. The van der Waals surface area contributed by atoms with Crippen molar-refractivity contribution in [3.8, 4) is 5.75 Å². The van der Waals surface area contributed by atoms with Crippen molar-refractivity contribution < 1.29 is 9.57 Å². The molecule has 1 aliphatic rings. The Morgan fingerprint density at radius 2 is 1.80 bits per heavy atom. The van der Waals surface area contributed by atoms with Crippen LogP contribution in [0.2, 0.25) is 5.02 Å². The highest BCUT2D eigenvalue weighted by atomic mass is 35.5. The van der Waals surface area contributed by atoms with Gasteiger partial charge in [-0.15, -0.1) is 0 Å². The predicted molar refractivity (Wildman–Crippen MR) is 124 cm³/mol. The molecule has 1 atom stereocenters. The smallest absolute Gasteiger partial charge is 0.139 e. The number of benzene rings is 3. The van der Waals surface area contributed by atoms with Crippen LogP contribution in [0.15, 0.2) is 71.6 Å². The van der Waals surface area contributed by atoms with Crippen LogP contribution in [0.1, 0.15) is 22.8 Å². The molecule has 1 unspecified atom stereocenters. The minimum absolute atomic E-state index is 0.0733. The second-order valence-electron chi connectivity index (χ2n) is 6.88. The number of ether oxygens (including phenoxy) is 1. The molecule has 4 rings (SSSR count). The Bertz CT molecular complexity index is 949. The molecule has 5 nitrogen and oxygen atoms in total. The first-order valence-corrected chi connectivity index (χ1v) is 10.8. The molecule has 4 N–H and O–H groups in total. The first-order chi connectivity index (χ1) is 14.5. The monoisotopic (exact) mass is 443 g/mol. The zero-order valence-corrected chi connectivity index (χ0v) is 18.6. The van der Waals surface area contributed by atoms with Crippen molar-refractivity contribution >= 4 is 29.2 Å². The molecule has 0 saturated carbocycles. The molecular weight excluding hydrogens is 418 g/mol. The van der Waals surface area contributed by atoms with Crippen LogP contribution in [-0.2, 0) is 11.4 Å². The number of para-hydroxylation sites is 1. The number of hydroxylamine groups is 2. The molecular formula is C23H26ClN3O2S. The fourth-order valence-electron chi connectivity index (χ4n) is 3.21. The standard InChI is InChI=1S/C16H16ClNO2.C7H10N2S/c1-19-18-10-13-4-2-3-5-15(13)20-16(11-18)12-6-8-14(17)9-7-12;1-5-3-2-4-6(8)7(5)10-9/h2-9,16H,10-11H2,1H3;2-4H,8-9H2,1H3. The second-order valence-corrected chi connectivity index (χ2v) is 7.96. The van der Waals surface area contributed by atoms with Gasteiger partial charge in [0.1, 0.15) is 11.9 Å². The normalized spacial score (nSPS) is 15.9. The number of nitrogen functional groups attached to an aromatic ring is 1. The van der Waals surface area contributed by atoms with E-state index in [2.05, 4.69) is 6.07 Å². The third-order valence-corrected chi connectivity index (χ3v) is 5.86. The maximum Gasteiger partial charge on any atom is 0.139 e. The lowest BCUT2D eigenvalue weighted by atomic mass is 10.1. The molecule has 0 fully saturated rings. The van der Waals surface area contributed by atoms with Crippen molar-refractivity contribution in [2.45, 2.75) is 24.5 Å². The summed E-state index contributed by atoms with van der Waals surface area (Å²) in [6, 6.07) is 21.6. The van der Waals surface area contributed by atoms with Crippen LogP contribution in [0.3, 0.4) is 0 Å². The predicted octanol–water partition coefficient (Wildman–Crippen LogP) is 5.38. The topological polar surface area (TPSA) is 73.7 Å². The van der Waals surface area contributed by atoms with E-state index in [4.69, 9.17) is 32.0 Å². The summed E-state index contributed by atoms with van der Waals surface area (Å²) >= 11 is 7.14. The molecule has 1 aliphatic heterocycles. The number of aryl methyl sites for hydroxylation is 1. The summed E-state index contributed by atoms with van der Waals surface area (Å²) in [7, 11) is 1.69. The summed E-state index contributed by atoms with van der Waals surface area (Å²) in [4.78, 5) is 6.41. The van der Waals surface area contributed by atoms with Gasteiger partial charge in [0.05, 0.1) is 20.2 Å². The highest BCUT2D eigenvalue weighted by molar-refractivity contribution is 7.97. The maximum atomic E-state index is 6.15. The Kier molecular flexibility index (Phi) is 8.01. The van der Waals surface area contributed by atoms with Gasteiger partial charge in [0, 0.05) is 21.2 Å². The number of rotatable bonds is 3. The van der Waals surface area contributed by atoms with E-state index in [1.807, 2.05) is 72.7 Å². The largest absolute Gasteiger partial charge is 0.484 e. The molecule has 0 amide bonds. The van der Waals surface area contributed by atoms with Gasteiger partial charge in [-0.05, 0) is 54.3 Å². The second kappa shape index (κ2) is 10.7. The molecule has 3 aromatic carbocycles. The molecule has 7 heteroatoms. The lowest BCUT2D eigenvalue weighted by Gasteiger charge is -2.22. The van der Waals surface area contributed by atoms with Gasteiger partial charge in [-0.1, -0.05) is 54.1 Å². The van der Waals surface area contributed by atoms with E-state index < -0.39 is 0 Å². The van der Waals surface area contributed by atoms with Gasteiger partial charge < -0.3 is 15.3 Å². The highest BCUT2D eigenvalue weighted by Crippen LogP contribution is 2.31. The molecule has 0 aliphatic carbocycles. The van der Waals surface area contributed by atoms with E-state index >= 15 is 0 Å². The van der Waals surface area contributed by atoms with Crippen molar-refractivity contribution in [2.75, 3.05) is 19.4 Å². The van der Waals surface area contributed by atoms with Gasteiger partial charge in [-0.2, -0.15) is 5.06 Å².